The van der Waals surface area contributed by atoms with Gasteiger partial charge in [-0.25, -0.2) is 4.98 Å². The molecular formula is C14H16N4O2. The van der Waals surface area contributed by atoms with Crippen LogP contribution in [0, 0.1) is 11.3 Å². The van der Waals surface area contributed by atoms with E-state index >= 15 is 0 Å². The van der Waals surface area contributed by atoms with E-state index in [0.717, 1.165) is 25.7 Å². The van der Waals surface area contributed by atoms with Gasteiger partial charge in [-0.2, -0.15) is 5.26 Å². The lowest BCUT2D eigenvalue weighted by Gasteiger charge is -2.27. The highest BCUT2D eigenvalue weighted by molar-refractivity contribution is 5.95. The summed E-state index contributed by atoms with van der Waals surface area (Å²) in [6, 6.07) is 5.04. The Balaban J connectivity index is 2.20. The van der Waals surface area contributed by atoms with Crippen molar-refractivity contribution in [3.8, 4) is 6.07 Å². The number of nitriles is 1. The van der Waals surface area contributed by atoms with Crippen molar-refractivity contribution in [3.63, 3.8) is 0 Å². The van der Waals surface area contributed by atoms with Crippen LogP contribution in [0.3, 0.4) is 0 Å². The highest BCUT2D eigenvalue weighted by Crippen LogP contribution is 2.24. The Morgan fingerprint density at radius 3 is 2.60 bits per heavy atom. The smallest absolute Gasteiger partial charge is 0.273 e. The lowest BCUT2D eigenvalue weighted by atomic mass is 10.1. The summed E-state index contributed by atoms with van der Waals surface area (Å²) in [5, 5.41) is 8.72. The molecule has 0 radical (unpaired) electrons. The molecule has 1 fully saturated rings. The molecule has 0 saturated heterocycles. The monoisotopic (exact) mass is 272 g/mol. The maximum absolute atomic E-state index is 12.4. The molecule has 0 bridgehead atoms. The van der Waals surface area contributed by atoms with Crippen LogP contribution in [0.4, 0.5) is 0 Å². The van der Waals surface area contributed by atoms with E-state index < -0.39 is 5.91 Å². The number of amides is 2. The van der Waals surface area contributed by atoms with Gasteiger partial charge in [-0.3, -0.25) is 9.59 Å². The second kappa shape index (κ2) is 6.15. The number of nitrogens with two attached hydrogens (primary N) is 1. The average molecular weight is 272 g/mol. The zero-order valence-electron chi connectivity index (χ0n) is 11.1. The second-order valence-corrected chi connectivity index (χ2v) is 4.88. The van der Waals surface area contributed by atoms with E-state index in [1.807, 2.05) is 6.07 Å². The summed E-state index contributed by atoms with van der Waals surface area (Å²) in [6.45, 7) is -0.0921. The molecule has 1 aliphatic rings. The van der Waals surface area contributed by atoms with Crippen molar-refractivity contribution in [1.29, 1.82) is 5.26 Å². The zero-order chi connectivity index (χ0) is 14.5. The Bertz CT molecular complexity index is 541. The van der Waals surface area contributed by atoms with Crippen molar-refractivity contribution in [3.05, 3.63) is 29.6 Å². The van der Waals surface area contributed by atoms with Crippen LogP contribution in [-0.4, -0.2) is 34.3 Å². The predicted molar refractivity (Wildman–Crippen MR) is 71.4 cm³/mol. The average Bonchev–Trinajstić information content (AvgIpc) is 2.98. The molecule has 2 rings (SSSR count). The van der Waals surface area contributed by atoms with Crippen LogP contribution in [0.1, 0.15) is 41.7 Å². The van der Waals surface area contributed by atoms with Gasteiger partial charge in [0, 0.05) is 12.2 Å². The summed E-state index contributed by atoms with van der Waals surface area (Å²) >= 11 is 0. The molecule has 104 valence electrons. The van der Waals surface area contributed by atoms with E-state index in [4.69, 9.17) is 11.0 Å². The second-order valence-electron chi connectivity index (χ2n) is 4.88. The van der Waals surface area contributed by atoms with Crippen molar-refractivity contribution >= 4 is 11.8 Å². The first-order valence-electron chi connectivity index (χ1n) is 6.57. The standard InChI is InChI=1S/C14H16N4O2/c15-7-10-5-6-12(17-8-10)14(20)18(9-13(16)19)11-3-1-2-4-11/h5-6,8,11H,1-4,9H2,(H2,16,19). The Morgan fingerprint density at radius 1 is 1.40 bits per heavy atom. The molecule has 2 N–H and O–H groups in total. The molecule has 6 nitrogen and oxygen atoms in total. The van der Waals surface area contributed by atoms with Crippen LogP contribution in [0.2, 0.25) is 0 Å². The van der Waals surface area contributed by atoms with E-state index in [2.05, 4.69) is 4.98 Å². The van der Waals surface area contributed by atoms with E-state index in [0.29, 0.717) is 5.56 Å². The lowest BCUT2D eigenvalue weighted by molar-refractivity contribution is -0.119. The molecule has 0 spiro atoms. The van der Waals surface area contributed by atoms with E-state index in [1.54, 1.807) is 0 Å². The number of hydrogen-bond acceptors (Lipinski definition) is 4. The molecule has 0 aliphatic heterocycles. The van der Waals surface area contributed by atoms with Gasteiger partial charge in [0.05, 0.1) is 12.1 Å². The van der Waals surface area contributed by atoms with Crippen LogP contribution in [0.15, 0.2) is 18.3 Å². The van der Waals surface area contributed by atoms with Crippen molar-refractivity contribution in [2.75, 3.05) is 6.54 Å². The Hall–Kier alpha value is -2.42. The fourth-order valence-corrected chi connectivity index (χ4v) is 2.48. The third kappa shape index (κ3) is 3.12. The molecule has 1 heterocycles. The molecule has 1 aliphatic carbocycles. The van der Waals surface area contributed by atoms with Gasteiger partial charge in [0.25, 0.3) is 5.91 Å². The Kier molecular flexibility index (Phi) is 4.31. The molecule has 1 aromatic heterocycles. The summed E-state index contributed by atoms with van der Waals surface area (Å²) in [5.41, 5.74) is 5.85. The molecule has 6 heteroatoms. The topological polar surface area (TPSA) is 100 Å². The van der Waals surface area contributed by atoms with Crippen molar-refractivity contribution in [2.45, 2.75) is 31.7 Å². The number of pyridine rings is 1. The SMILES string of the molecule is N#Cc1ccc(C(=O)N(CC(N)=O)C2CCCC2)nc1. The highest BCUT2D eigenvalue weighted by Gasteiger charge is 2.29. The minimum absolute atomic E-state index is 0.0486. The molecule has 20 heavy (non-hydrogen) atoms. The Morgan fingerprint density at radius 2 is 2.10 bits per heavy atom. The van der Waals surface area contributed by atoms with Crippen LogP contribution >= 0.6 is 0 Å². The molecule has 0 aromatic carbocycles. The molecule has 1 aromatic rings. The van der Waals surface area contributed by atoms with E-state index in [9.17, 15) is 9.59 Å². The lowest BCUT2D eigenvalue weighted by Crippen LogP contribution is -2.44. The van der Waals surface area contributed by atoms with Gasteiger partial charge in [0.15, 0.2) is 0 Å². The fourth-order valence-electron chi connectivity index (χ4n) is 2.48. The van der Waals surface area contributed by atoms with Crippen LogP contribution in [0.25, 0.3) is 0 Å². The van der Waals surface area contributed by atoms with E-state index in [1.165, 1.54) is 23.2 Å². The molecule has 2 amide bonds. The summed E-state index contributed by atoms with van der Waals surface area (Å²) in [5.74, 6) is -0.834. The first kappa shape index (κ1) is 14.0. The highest BCUT2D eigenvalue weighted by atomic mass is 16.2. The predicted octanol–water partition coefficient (Wildman–Crippen LogP) is 0.823. The van der Waals surface area contributed by atoms with Gasteiger partial charge in [-0.15, -0.1) is 0 Å². The molecular weight excluding hydrogens is 256 g/mol. The van der Waals surface area contributed by atoms with Gasteiger partial charge in [0.1, 0.15) is 11.8 Å². The minimum atomic E-state index is -0.529. The van der Waals surface area contributed by atoms with Gasteiger partial charge in [-0.1, -0.05) is 12.8 Å². The largest absolute Gasteiger partial charge is 0.368 e. The van der Waals surface area contributed by atoms with Crippen LogP contribution < -0.4 is 5.73 Å². The first-order chi connectivity index (χ1) is 9.61. The Labute approximate surface area is 117 Å². The van der Waals surface area contributed by atoms with Crippen molar-refractivity contribution < 1.29 is 9.59 Å². The number of rotatable bonds is 4. The van der Waals surface area contributed by atoms with Crippen LogP contribution in [-0.2, 0) is 4.79 Å². The maximum Gasteiger partial charge on any atom is 0.273 e. The summed E-state index contributed by atoms with van der Waals surface area (Å²) in [7, 11) is 0. The quantitative estimate of drug-likeness (QED) is 0.877. The molecule has 0 unspecified atom stereocenters. The summed E-state index contributed by atoms with van der Waals surface area (Å²) in [4.78, 5) is 29.1. The normalized spacial score (nSPS) is 14.8. The van der Waals surface area contributed by atoms with Gasteiger partial charge >= 0.3 is 0 Å². The number of primary amides is 1. The number of nitrogens with zero attached hydrogens (tertiary/aromatic N) is 3. The van der Waals surface area contributed by atoms with Crippen molar-refractivity contribution in [2.24, 2.45) is 5.73 Å². The molecule has 0 atom stereocenters. The fraction of sp³-hybridized carbons (Fsp3) is 0.429. The van der Waals surface area contributed by atoms with Gasteiger partial charge in [-0.05, 0) is 25.0 Å². The van der Waals surface area contributed by atoms with Crippen molar-refractivity contribution in [1.82, 2.24) is 9.88 Å². The number of aromatic nitrogens is 1. The maximum atomic E-state index is 12.4. The summed E-state index contributed by atoms with van der Waals surface area (Å²) < 4.78 is 0. The van der Waals surface area contributed by atoms with Crippen LogP contribution in [0.5, 0.6) is 0 Å². The zero-order valence-corrected chi connectivity index (χ0v) is 11.1. The number of carbonyl (C=O) groups is 2. The third-order valence-electron chi connectivity index (χ3n) is 3.46. The third-order valence-corrected chi connectivity index (χ3v) is 3.46. The first-order valence-corrected chi connectivity index (χ1v) is 6.57. The van der Waals surface area contributed by atoms with E-state index in [-0.39, 0.29) is 24.2 Å². The number of hydrogen-bond donors (Lipinski definition) is 1. The number of carbonyl (C=O) groups excluding carboxylic acids is 2. The molecule has 1 saturated carbocycles. The summed E-state index contributed by atoms with van der Waals surface area (Å²) in [6.07, 6.45) is 5.22. The minimum Gasteiger partial charge on any atom is -0.368 e. The van der Waals surface area contributed by atoms with Gasteiger partial charge < -0.3 is 10.6 Å². The van der Waals surface area contributed by atoms with Gasteiger partial charge in [0.2, 0.25) is 5.91 Å².